The molecular formula is C23H23ClN4O. The normalized spacial score (nSPS) is 15.9. The van der Waals surface area contributed by atoms with Crippen molar-refractivity contribution in [3.05, 3.63) is 67.1 Å². The Kier molecular flexibility index (Phi) is 5.79. The first-order chi connectivity index (χ1) is 13.9. The molecule has 29 heavy (non-hydrogen) atoms. The number of pyridine rings is 2. The topological polar surface area (TPSA) is 62.8 Å². The lowest BCUT2D eigenvalue weighted by molar-refractivity contribution is 0.277. The maximum atomic E-state index is 6.20. The lowest BCUT2D eigenvalue weighted by Crippen LogP contribution is -2.28. The van der Waals surface area contributed by atoms with Crippen LogP contribution < -0.4 is 10.1 Å². The predicted molar refractivity (Wildman–Crippen MR) is 119 cm³/mol. The second-order valence-electron chi connectivity index (χ2n) is 7.12. The number of nitrogens with zero attached hydrogens (tertiary/aromatic N) is 2. The van der Waals surface area contributed by atoms with Crippen molar-refractivity contribution in [2.75, 3.05) is 13.2 Å². The molecule has 1 aliphatic heterocycles. The summed E-state index contributed by atoms with van der Waals surface area (Å²) in [5, 5.41) is 3.48. The molecule has 0 spiro atoms. The van der Waals surface area contributed by atoms with Crippen molar-refractivity contribution < 1.29 is 4.74 Å². The number of aromatic amines is 1. The van der Waals surface area contributed by atoms with Gasteiger partial charge in [0.2, 0.25) is 0 Å². The van der Waals surface area contributed by atoms with Crippen LogP contribution in [0.1, 0.15) is 12.8 Å². The molecule has 1 aromatic carbocycles. The average molecular weight is 407 g/mol. The van der Waals surface area contributed by atoms with Crippen molar-refractivity contribution in [3.8, 4) is 28.1 Å². The maximum Gasteiger partial charge on any atom is 0.146 e. The molecule has 1 atom stereocenters. The number of nitrogens with one attached hydrogen (secondary N) is 2. The van der Waals surface area contributed by atoms with Gasteiger partial charge in [-0.1, -0.05) is 30.3 Å². The number of ether oxygens (including phenoxy) is 1. The van der Waals surface area contributed by atoms with Crippen LogP contribution in [0.25, 0.3) is 33.4 Å². The number of fused-ring (bicyclic) bond motifs is 1. The van der Waals surface area contributed by atoms with Crippen molar-refractivity contribution in [3.63, 3.8) is 0 Å². The molecular weight excluding hydrogens is 384 g/mol. The van der Waals surface area contributed by atoms with Crippen LogP contribution in [0.3, 0.4) is 0 Å². The molecule has 0 unspecified atom stereocenters. The number of aromatic nitrogens is 3. The molecule has 5 rings (SSSR count). The summed E-state index contributed by atoms with van der Waals surface area (Å²) < 4.78 is 6.20. The number of H-pyrrole nitrogens is 1. The van der Waals surface area contributed by atoms with Gasteiger partial charge in [0.1, 0.15) is 12.4 Å². The Balaban J connectivity index is 0.00000205. The molecule has 5 nitrogen and oxygen atoms in total. The molecule has 0 aliphatic carbocycles. The standard InChI is InChI=1S/C23H22N4O.ClH/c1-2-6-16(7-3-1)21-22(27-19-9-5-12-26-23(19)21)18-10-13-24-14-20(18)28-15-17-8-4-11-25-17;/h1-3,5-7,9-10,12-14,17,25,27H,4,8,11,15H2;1H/t17-;/m1./s1. The fourth-order valence-electron chi connectivity index (χ4n) is 3.90. The quantitative estimate of drug-likeness (QED) is 0.497. The molecule has 0 bridgehead atoms. The van der Waals surface area contributed by atoms with Crippen LogP contribution in [0.5, 0.6) is 5.75 Å². The van der Waals surface area contributed by atoms with E-state index in [1.54, 1.807) is 6.20 Å². The molecule has 0 radical (unpaired) electrons. The fraction of sp³-hybridized carbons (Fsp3) is 0.217. The minimum absolute atomic E-state index is 0. The van der Waals surface area contributed by atoms with Crippen LogP contribution in [0.4, 0.5) is 0 Å². The highest BCUT2D eigenvalue weighted by atomic mass is 35.5. The summed E-state index contributed by atoms with van der Waals surface area (Å²) >= 11 is 0. The van der Waals surface area contributed by atoms with Gasteiger partial charge in [0.15, 0.2) is 0 Å². The Bertz CT molecular complexity index is 1090. The Morgan fingerprint density at radius 1 is 1.03 bits per heavy atom. The lowest BCUT2D eigenvalue weighted by atomic mass is 10.0. The molecule has 4 aromatic rings. The van der Waals surface area contributed by atoms with Gasteiger partial charge in [0.05, 0.1) is 22.9 Å². The second kappa shape index (κ2) is 8.64. The maximum absolute atomic E-state index is 6.20. The molecule has 0 saturated carbocycles. The molecule has 0 amide bonds. The van der Waals surface area contributed by atoms with E-state index in [1.165, 1.54) is 6.42 Å². The summed E-state index contributed by atoms with van der Waals surface area (Å²) in [4.78, 5) is 12.5. The highest BCUT2D eigenvalue weighted by Crippen LogP contribution is 2.40. The van der Waals surface area contributed by atoms with E-state index in [1.807, 2.05) is 30.6 Å². The van der Waals surface area contributed by atoms with Gasteiger partial charge in [-0.15, -0.1) is 12.4 Å². The van der Waals surface area contributed by atoms with Crippen LogP contribution in [-0.4, -0.2) is 34.1 Å². The number of benzene rings is 1. The zero-order valence-corrected chi connectivity index (χ0v) is 16.8. The minimum Gasteiger partial charge on any atom is -0.490 e. The number of hydrogen-bond donors (Lipinski definition) is 2. The smallest absolute Gasteiger partial charge is 0.146 e. The molecule has 1 fully saturated rings. The van der Waals surface area contributed by atoms with Crippen LogP contribution in [-0.2, 0) is 0 Å². The molecule has 3 aromatic heterocycles. The van der Waals surface area contributed by atoms with Gasteiger partial charge >= 0.3 is 0 Å². The van der Waals surface area contributed by atoms with Gasteiger partial charge in [-0.3, -0.25) is 9.97 Å². The number of rotatable bonds is 5. The Morgan fingerprint density at radius 3 is 2.76 bits per heavy atom. The first kappa shape index (κ1) is 19.4. The summed E-state index contributed by atoms with van der Waals surface area (Å²) in [5.74, 6) is 0.792. The fourth-order valence-corrected chi connectivity index (χ4v) is 3.90. The summed E-state index contributed by atoms with van der Waals surface area (Å²) in [6.45, 7) is 1.72. The Labute approximate surface area is 176 Å². The molecule has 148 valence electrons. The van der Waals surface area contributed by atoms with E-state index in [-0.39, 0.29) is 12.4 Å². The summed E-state index contributed by atoms with van der Waals surface area (Å²) in [5.41, 5.74) is 6.20. The first-order valence-corrected chi connectivity index (χ1v) is 9.73. The Morgan fingerprint density at radius 2 is 1.93 bits per heavy atom. The van der Waals surface area contributed by atoms with Gasteiger partial charge in [0.25, 0.3) is 0 Å². The largest absolute Gasteiger partial charge is 0.490 e. The van der Waals surface area contributed by atoms with E-state index in [4.69, 9.17) is 4.74 Å². The van der Waals surface area contributed by atoms with Gasteiger partial charge in [-0.2, -0.15) is 0 Å². The molecule has 1 aliphatic rings. The zero-order valence-electron chi connectivity index (χ0n) is 16.0. The number of halogens is 1. The predicted octanol–water partition coefficient (Wildman–Crippen LogP) is 4.84. The van der Waals surface area contributed by atoms with E-state index in [9.17, 15) is 0 Å². The molecule has 6 heteroatoms. The van der Waals surface area contributed by atoms with E-state index in [2.05, 4.69) is 50.6 Å². The zero-order chi connectivity index (χ0) is 18.8. The van der Waals surface area contributed by atoms with Crippen molar-refractivity contribution in [2.45, 2.75) is 18.9 Å². The first-order valence-electron chi connectivity index (χ1n) is 9.73. The molecule has 4 heterocycles. The van der Waals surface area contributed by atoms with Gasteiger partial charge in [0, 0.05) is 29.6 Å². The minimum atomic E-state index is 0. The van der Waals surface area contributed by atoms with Crippen molar-refractivity contribution in [2.24, 2.45) is 0 Å². The van der Waals surface area contributed by atoms with E-state index in [0.29, 0.717) is 12.6 Å². The highest BCUT2D eigenvalue weighted by Gasteiger charge is 2.20. The Hall–Kier alpha value is -2.89. The van der Waals surface area contributed by atoms with Crippen molar-refractivity contribution >= 4 is 23.4 Å². The summed E-state index contributed by atoms with van der Waals surface area (Å²) in [6.07, 6.45) is 7.81. The summed E-state index contributed by atoms with van der Waals surface area (Å²) in [6, 6.07) is 16.8. The van der Waals surface area contributed by atoms with Crippen LogP contribution in [0.15, 0.2) is 67.1 Å². The van der Waals surface area contributed by atoms with Gasteiger partial charge < -0.3 is 15.0 Å². The third-order valence-corrected chi connectivity index (χ3v) is 5.27. The van der Waals surface area contributed by atoms with E-state index >= 15 is 0 Å². The summed E-state index contributed by atoms with van der Waals surface area (Å²) in [7, 11) is 0. The third kappa shape index (κ3) is 3.84. The van der Waals surface area contributed by atoms with Gasteiger partial charge in [-0.05, 0) is 43.1 Å². The third-order valence-electron chi connectivity index (χ3n) is 5.27. The van der Waals surface area contributed by atoms with E-state index in [0.717, 1.165) is 52.1 Å². The molecule has 2 N–H and O–H groups in total. The van der Waals surface area contributed by atoms with Crippen molar-refractivity contribution in [1.29, 1.82) is 0 Å². The second-order valence-corrected chi connectivity index (χ2v) is 7.12. The van der Waals surface area contributed by atoms with Gasteiger partial charge in [-0.25, -0.2) is 0 Å². The monoisotopic (exact) mass is 406 g/mol. The molecule has 1 saturated heterocycles. The lowest BCUT2D eigenvalue weighted by Gasteiger charge is -2.15. The van der Waals surface area contributed by atoms with Crippen LogP contribution >= 0.6 is 12.4 Å². The van der Waals surface area contributed by atoms with Crippen LogP contribution in [0, 0.1) is 0 Å². The van der Waals surface area contributed by atoms with Crippen molar-refractivity contribution in [1.82, 2.24) is 20.3 Å². The number of hydrogen-bond acceptors (Lipinski definition) is 4. The highest BCUT2D eigenvalue weighted by molar-refractivity contribution is 6.02. The average Bonchev–Trinajstić information content (AvgIpc) is 3.41. The van der Waals surface area contributed by atoms with Crippen LogP contribution in [0.2, 0.25) is 0 Å². The van der Waals surface area contributed by atoms with E-state index < -0.39 is 0 Å². The SMILES string of the molecule is Cl.c1ccc(-c2c(-c3ccncc3OC[C@H]3CCCN3)[nH]c3cccnc23)cc1.